The van der Waals surface area contributed by atoms with E-state index in [-0.39, 0.29) is 0 Å². The van der Waals surface area contributed by atoms with Gasteiger partial charge in [-0.15, -0.1) is 0 Å². The summed E-state index contributed by atoms with van der Waals surface area (Å²) >= 11 is 0. The number of nitrogens with one attached hydrogen (secondary N) is 1. The number of hydrogen-bond donors (Lipinski definition) is 1. The van der Waals surface area contributed by atoms with Crippen LogP contribution in [0.15, 0.2) is 48.5 Å². The van der Waals surface area contributed by atoms with Crippen LogP contribution < -0.4 is 14.8 Å². The number of methoxy groups -OCH3 is 2. The van der Waals surface area contributed by atoms with Crippen molar-refractivity contribution in [2.75, 3.05) is 19.5 Å². The lowest BCUT2D eigenvalue weighted by atomic mass is 10.0. The summed E-state index contributed by atoms with van der Waals surface area (Å²) in [5.41, 5.74) is 2.40. The van der Waals surface area contributed by atoms with Crippen molar-refractivity contribution in [1.29, 1.82) is 0 Å². The van der Waals surface area contributed by atoms with Gasteiger partial charge in [0.25, 0.3) is 0 Å². The predicted octanol–water partition coefficient (Wildman–Crippen LogP) is 4.14. The second-order valence-electron chi connectivity index (χ2n) is 5.01. The molecule has 0 heterocycles. The Morgan fingerprint density at radius 2 is 1.67 bits per heavy atom. The van der Waals surface area contributed by atoms with Crippen LogP contribution in [0.1, 0.15) is 18.9 Å². The third-order valence-electron chi connectivity index (χ3n) is 3.57. The number of benzene rings is 2. The fourth-order valence-electron chi connectivity index (χ4n) is 2.36. The predicted molar refractivity (Wildman–Crippen MR) is 87.4 cm³/mol. The second-order valence-corrected chi connectivity index (χ2v) is 5.01. The van der Waals surface area contributed by atoms with Crippen molar-refractivity contribution < 1.29 is 9.47 Å². The van der Waals surface area contributed by atoms with Gasteiger partial charge >= 0.3 is 0 Å². The fourth-order valence-corrected chi connectivity index (χ4v) is 2.36. The average molecular weight is 285 g/mol. The molecule has 0 saturated heterocycles. The van der Waals surface area contributed by atoms with E-state index in [1.54, 1.807) is 14.2 Å². The smallest absolute Gasteiger partial charge is 0.162 e. The molecule has 3 heteroatoms. The molecule has 0 amide bonds. The maximum atomic E-state index is 5.35. The summed E-state index contributed by atoms with van der Waals surface area (Å²) < 4.78 is 10.6. The molecule has 3 nitrogen and oxygen atoms in total. The number of ether oxygens (including phenoxy) is 2. The van der Waals surface area contributed by atoms with Crippen LogP contribution in [0.3, 0.4) is 0 Å². The van der Waals surface area contributed by atoms with Crippen molar-refractivity contribution in [2.45, 2.75) is 25.8 Å². The van der Waals surface area contributed by atoms with Crippen molar-refractivity contribution in [3.8, 4) is 11.5 Å². The lowest BCUT2D eigenvalue weighted by molar-refractivity contribution is 0.355. The van der Waals surface area contributed by atoms with E-state index in [9.17, 15) is 0 Å². The minimum absolute atomic E-state index is 0.394. The van der Waals surface area contributed by atoms with Crippen LogP contribution in [-0.2, 0) is 6.42 Å². The van der Waals surface area contributed by atoms with Gasteiger partial charge in [0.15, 0.2) is 11.5 Å². The Labute approximate surface area is 126 Å². The van der Waals surface area contributed by atoms with Crippen LogP contribution in [0.2, 0.25) is 0 Å². The quantitative estimate of drug-likeness (QED) is 0.829. The van der Waals surface area contributed by atoms with Gasteiger partial charge in [0.05, 0.1) is 14.2 Å². The second kappa shape index (κ2) is 7.58. The minimum atomic E-state index is 0.394. The first-order valence-electron chi connectivity index (χ1n) is 7.29. The minimum Gasteiger partial charge on any atom is -0.493 e. The summed E-state index contributed by atoms with van der Waals surface area (Å²) in [5.74, 6) is 1.50. The number of anilines is 1. The standard InChI is InChI=1S/C18H23NO2/c1-4-15(12-14-8-6-5-7-9-14)19-16-10-11-17(20-2)18(13-16)21-3/h5-11,13,15,19H,4,12H2,1-3H3. The molecule has 0 aliphatic carbocycles. The van der Waals surface area contributed by atoms with Crippen molar-refractivity contribution in [1.82, 2.24) is 0 Å². The van der Waals surface area contributed by atoms with E-state index in [1.807, 2.05) is 24.3 Å². The van der Waals surface area contributed by atoms with Gasteiger partial charge in [0, 0.05) is 17.8 Å². The zero-order valence-corrected chi connectivity index (χ0v) is 12.9. The third-order valence-corrected chi connectivity index (χ3v) is 3.57. The summed E-state index contributed by atoms with van der Waals surface area (Å²) in [6.45, 7) is 2.20. The first kappa shape index (κ1) is 15.2. The maximum Gasteiger partial charge on any atom is 0.162 e. The van der Waals surface area contributed by atoms with Gasteiger partial charge in [-0.05, 0) is 30.5 Å². The Morgan fingerprint density at radius 1 is 0.952 bits per heavy atom. The van der Waals surface area contributed by atoms with Crippen LogP contribution in [0.25, 0.3) is 0 Å². The summed E-state index contributed by atoms with van der Waals surface area (Å²) in [6.07, 6.45) is 2.06. The molecule has 2 aromatic rings. The lowest BCUT2D eigenvalue weighted by Gasteiger charge is -2.19. The molecule has 0 aromatic heterocycles. The molecule has 0 aliphatic heterocycles. The summed E-state index contributed by atoms with van der Waals surface area (Å²) in [7, 11) is 3.30. The van der Waals surface area contributed by atoms with Crippen LogP contribution in [-0.4, -0.2) is 20.3 Å². The van der Waals surface area contributed by atoms with Crippen molar-refractivity contribution >= 4 is 5.69 Å². The van der Waals surface area contributed by atoms with Crippen molar-refractivity contribution in [3.05, 3.63) is 54.1 Å². The molecular formula is C18H23NO2. The molecule has 112 valence electrons. The number of hydrogen-bond acceptors (Lipinski definition) is 3. The third kappa shape index (κ3) is 4.15. The van der Waals surface area contributed by atoms with Crippen LogP contribution >= 0.6 is 0 Å². The molecule has 2 rings (SSSR count). The summed E-state index contributed by atoms with van der Waals surface area (Å²) in [6, 6.07) is 16.9. The van der Waals surface area contributed by atoms with Crippen LogP contribution in [0.5, 0.6) is 11.5 Å². The van der Waals surface area contributed by atoms with Gasteiger partial charge in [0.2, 0.25) is 0 Å². The van der Waals surface area contributed by atoms with E-state index in [0.717, 1.165) is 30.0 Å². The van der Waals surface area contributed by atoms with Gasteiger partial charge < -0.3 is 14.8 Å². The summed E-state index contributed by atoms with van der Waals surface area (Å²) in [4.78, 5) is 0. The van der Waals surface area contributed by atoms with Crippen LogP contribution in [0.4, 0.5) is 5.69 Å². The number of rotatable bonds is 7. The highest BCUT2D eigenvalue weighted by Crippen LogP contribution is 2.30. The highest BCUT2D eigenvalue weighted by Gasteiger charge is 2.10. The molecule has 21 heavy (non-hydrogen) atoms. The molecule has 1 N–H and O–H groups in total. The molecule has 1 atom stereocenters. The summed E-state index contributed by atoms with van der Waals surface area (Å²) in [5, 5.41) is 3.57. The van der Waals surface area contributed by atoms with Gasteiger partial charge in [-0.2, -0.15) is 0 Å². The zero-order valence-electron chi connectivity index (χ0n) is 12.9. The molecular weight excluding hydrogens is 262 g/mol. The average Bonchev–Trinajstić information content (AvgIpc) is 2.55. The maximum absolute atomic E-state index is 5.35. The van der Waals surface area contributed by atoms with Gasteiger partial charge in [0.1, 0.15) is 0 Å². The van der Waals surface area contributed by atoms with E-state index >= 15 is 0 Å². The molecule has 0 saturated carbocycles. The molecule has 0 radical (unpaired) electrons. The molecule has 2 aromatic carbocycles. The normalized spacial score (nSPS) is 11.8. The molecule has 1 unspecified atom stereocenters. The van der Waals surface area contributed by atoms with Gasteiger partial charge in [-0.3, -0.25) is 0 Å². The molecule has 0 bridgehead atoms. The van der Waals surface area contributed by atoms with Crippen LogP contribution in [0, 0.1) is 0 Å². The Bertz CT molecular complexity index is 554. The topological polar surface area (TPSA) is 30.5 Å². The van der Waals surface area contributed by atoms with E-state index in [0.29, 0.717) is 6.04 Å². The lowest BCUT2D eigenvalue weighted by Crippen LogP contribution is -2.21. The highest BCUT2D eigenvalue weighted by atomic mass is 16.5. The largest absolute Gasteiger partial charge is 0.493 e. The zero-order chi connectivity index (χ0) is 15.1. The molecule has 0 spiro atoms. The van der Waals surface area contributed by atoms with E-state index < -0.39 is 0 Å². The Hall–Kier alpha value is -2.16. The Morgan fingerprint density at radius 3 is 2.29 bits per heavy atom. The first-order chi connectivity index (χ1) is 10.3. The Kier molecular flexibility index (Phi) is 5.50. The van der Waals surface area contributed by atoms with Crippen molar-refractivity contribution in [2.24, 2.45) is 0 Å². The van der Waals surface area contributed by atoms with Gasteiger partial charge in [-0.1, -0.05) is 37.3 Å². The SMILES string of the molecule is CCC(Cc1ccccc1)Nc1ccc(OC)c(OC)c1. The molecule has 0 fully saturated rings. The first-order valence-corrected chi connectivity index (χ1v) is 7.29. The van der Waals surface area contributed by atoms with E-state index in [1.165, 1.54) is 5.56 Å². The Balaban J connectivity index is 2.08. The van der Waals surface area contributed by atoms with E-state index in [4.69, 9.17) is 9.47 Å². The van der Waals surface area contributed by atoms with Crippen molar-refractivity contribution in [3.63, 3.8) is 0 Å². The monoisotopic (exact) mass is 285 g/mol. The highest BCUT2D eigenvalue weighted by molar-refractivity contribution is 5.55. The molecule has 0 aliphatic rings. The van der Waals surface area contributed by atoms with E-state index in [2.05, 4.69) is 36.5 Å². The van der Waals surface area contributed by atoms with Gasteiger partial charge in [-0.25, -0.2) is 0 Å². The fraction of sp³-hybridized carbons (Fsp3) is 0.333.